The number of nitrogens with zero attached hydrogens (tertiary/aromatic N) is 1. The molecule has 1 aromatic carbocycles. The highest BCUT2D eigenvalue weighted by Crippen LogP contribution is 2.36. The summed E-state index contributed by atoms with van der Waals surface area (Å²) in [5.41, 5.74) is 0.711. The zero-order valence-corrected chi connectivity index (χ0v) is 12.5. The van der Waals surface area contributed by atoms with Gasteiger partial charge in [0.25, 0.3) is 0 Å². The number of amides is 2. The molecule has 5 nitrogen and oxygen atoms in total. The van der Waals surface area contributed by atoms with Crippen LogP contribution in [0.5, 0.6) is 5.75 Å². The van der Waals surface area contributed by atoms with Crippen molar-refractivity contribution < 1.29 is 14.3 Å². The van der Waals surface area contributed by atoms with E-state index in [1.54, 1.807) is 23.1 Å². The number of hydrogen-bond donors (Lipinski definition) is 1. The summed E-state index contributed by atoms with van der Waals surface area (Å²) in [7, 11) is 1.54. The summed E-state index contributed by atoms with van der Waals surface area (Å²) in [6.45, 7) is 0.374. The molecule has 1 aliphatic carbocycles. The van der Waals surface area contributed by atoms with Gasteiger partial charge in [-0.15, -0.1) is 0 Å². The van der Waals surface area contributed by atoms with Crippen LogP contribution in [0.4, 0.5) is 5.69 Å². The van der Waals surface area contributed by atoms with Gasteiger partial charge in [0.1, 0.15) is 11.8 Å². The van der Waals surface area contributed by atoms with Crippen LogP contribution in [0.1, 0.15) is 19.3 Å². The number of rotatable bonds is 3. The van der Waals surface area contributed by atoms with Crippen LogP contribution in [0.2, 0.25) is 5.02 Å². The maximum atomic E-state index is 12.7. The van der Waals surface area contributed by atoms with Crippen molar-refractivity contribution in [1.29, 1.82) is 0 Å². The first kappa shape index (κ1) is 14.2. The highest BCUT2D eigenvalue weighted by molar-refractivity contribution is 6.32. The molecule has 0 radical (unpaired) electrons. The summed E-state index contributed by atoms with van der Waals surface area (Å²) in [5.74, 6) is 0.682. The molecule has 1 atom stereocenters. The predicted molar refractivity (Wildman–Crippen MR) is 79.6 cm³/mol. The molecule has 3 rings (SSSR count). The molecule has 2 amide bonds. The van der Waals surface area contributed by atoms with E-state index in [4.69, 9.17) is 16.3 Å². The van der Waals surface area contributed by atoms with Gasteiger partial charge in [-0.25, -0.2) is 0 Å². The molecular formula is C15H17ClN2O3. The Labute approximate surface area is 128 Å². The van der Waals surface area contributed by atoms with Gasteiger partial charge in [0, 0.05) is 24.7 Å². The first-order valence-electron chi connectivity index (χ1n) is 7.04. The first-order valence-corrected chi connectivity index (χ1v) is 7.42. The number of halogens is 1. The second-order valence-electron chi connectivity index (χ2n) is 5.44. The molecule has 2 aliphatic rings. The lowest BCUT2D eigenvalue weighted by molar-refractivity contribution is -0.126. The molecule has 1 heterocycles. The average Bonchev–Trinajstić information content (AvgIpc) is 3.30. The van der Waals surface area contributed by atoms with Crippen molar-refractivity contribution in [3.63, 3.8) is 0 Å². The highest BCUT2D eigenvalue weighted by Gasteiger charge is 2.41. The minimum atomic E-state index is -0.401. The number of carbonyl (C=O) groups excluding carboxylic acids is 2. The van der Waals surface area contributed by atoms with Gasteiger partial charge in [-0.3, -0.25) is 9.59 Å². The monoisotopic (exact) mass is 308 g/mol. The molecule has 21 heavy (non-hydrogen) atoms. The van der Waals surface area contributed by atoms with E-state index >= 15 is 0 Å². The third-order valence-electron chi connectivity index (χ3n) is 3.95. The minimum Gasteiger partial charge on any atom is -0.495 e. The Morgan fingerprint density at radius 3 is 2.76 bits per heavy atom. The summed E-state index contributed by atoms with van der Waals surface area (Å²) in [4.78, 5) is 26.1. The van der Waals surface area contributed by atoms with E-state index in [2.05, 4.69) is 5.32 Å². The van der Waals surface area contributed by atoms with Crippen molar-refractivity contribution >= 4 is 29.1 Å². The van der Waals surface area contributed by atoms with Crippen LogP contribution < -0.4 is 15.0 Å². The van der Waals surface area contributed by atoms with Crippen LogP contribution in [0, 0.1) is 5.92 Å². The number of hydrogen-bond acceptors (Lipinski definition) is 3. The quantitative estimate of drug-likeness (QED) is 0.929. The lowest BCUT2D eigenvalue weighted by atomic mass is 10.1. The molecule has 0 bridgehead atoms. The minimum absolute atomic E-state index is 0.0484. The van der Waals surface area contributed by atoms with E-state index in [1.807, 2.05) is 0 Å². The summed E-state index contributed by atoms with van der Waals surface area (Å²) in [6, 6.07) is 4.82. The van der Waals surface area contributed by atoms with E-state index in [9.17, 15) is 9.59 Å². The maximum absolute atomic E-state index is 12.7. The highest BCUT2D eigenvalue weighted by atomic mass is 35.5. The van der Waals surface area contributed by atoms with E-state index < -0.39 is 6.04 Å². The Kier molecular flexibility index (Phi) is 3.76. The van der Waals surface area contributed by atoms with Crippen LogP contribution in [-0.4, -0.2) is 31.5 Å². The summed E-state index contributed by atoms with van der Waals surface area (Å²) < 4.78 is 5.20. The zero-order valence-electron chi connectivity index (χ0n) is 11.8. The van der Waals surface area contributed by atoms with Crippen LogP contribution in [0.15, 0.2) is 18.2 Å². The fraction of sp³-hybridized carbons (Fsp3) is 0.467. The first-order chi connectivity index (χ1) is 10.1. The molecule has 1 unspecified atom stereocenters. The molecule has 1 saturated heterocycles. The number of benzene rings is 1. The molecule has 1 aliphatic heterocycles. The second-order valence-corrected chi connectivity index (χ2v) is 5.85. The third kappa shape index (κ3) is 2.83. The van der Waals surface area contributed by atoms with Crippen molar-refractivity contribution in [3.05, 3.63) is 23.2 Å². The van der Waals surface area contributed by atoms with Gasteiger partial charge in [-0.2, -0.15) is 0 Å². The number of carbonyl (C=O) groups is 2. The van der Waals surface area contributed by atoms with Crippen LogP contribution in [0.25, 0.3) is 0 Å². The molecule has 1 saturated carbocycles. The van der Waals surface area contributed by atoms with Crippen molar-refractivity contribution in [2.75, 3.05) is 18.6 Å². The Bertz CT molecular complexity index is 586. The molecule has 0 aromatic heterocycles. The molecule has 0 spiro atoms. The maximum Gasteiger partial charge on any atom is 0.249 e. The normalized spacial score (nSPS) is 22.8. The molecular weight excluding hydrogens is 292 g/mol. The Hall–Kier alpha value is -1.75. The number of anilines is 1. The second kappa shape index (κ2) is 5.56. The zero-order chi connectivity index (χ0) is 15.0. The van der Waals surface area contributed by atoms with E-state index in [0.717, 1.165) is 12.8 Å². The van der Waals surface area contributed by atoms with Gasteiger partial charge >= 0.3 is 0 Å². The lowest BCUT2D eigenvalue weighted by Gasteiger charge is -2.24. The number of ether oxygens (including phenoxy) is 1. The summed E-state index contributed by atoms with van der Waals surface area (Å²) >= 11 is 6.02. The molecule has 112 valence electrons. The smallest absolute Gasteiger partial charge is 0.249 e. The number of nitrogens with one attached hydrogen (secondary N) is 1. The van der Waals surface area contributed by atoms with E-state index in [-0.39, 0.29) is 17.7 Å². The van der Waals surface area contributed by atoms with Crippen molar-refractivity contribution in [1.82, 2.24) is 5.32 Å². The van der Waals surface area contributed by atoms with Crippen molar-refractivity contribution in [2.45, 2.75) is 25.3 Å². The predicted octanol–water partition coefficient (Wildman–Crippen LogP) is 1.98. The molecule has 1 aromatic rings. The molecule has 2 fully saturated rings. The summed E-state index contributed by atoms with van der Waals surface area (Å²) in [5, 5.41) is 3.34. The number of methoxy groups -OCH3 is 1. The van der Waals surface area contributed by atoms with Gasteiger partial charge in [0.15, 0.2) is 0 Å². The van der Waals surface area contributed by atoms with Gasteiger partial charge in [0.05, 0.1) is 12.1 Å². The van der Waals surface area contributed by atoms with Crippen molar-refractivity contribution in [2.24, 2.45) is 5.92 Å². The van der Waals surface area contributed by atoms with Crippen LogP contribution in [0.3, 0.4) is 0 Å². The molecule has 6 heteroatoms. The fourth-order valence-electron chi connectivity index (χ4n) is 2.62. The Morgan fingerprint density at radius 1 is 1.33 bits per heavy atom. The van der Waals surface area contributed by atoms with Gasteiger partial charge in [0.2, 0.25) is 11.8 Å². The SMILES string of the molecule is COc1cc(N2CCC(=O)NC(C3CC3)C2=O)ccc1Cl. The molecule has 1 N–H and O–H groups in total. The Morgan fingerprint density at radius 2 is 2.10 bits per heavy atom. The van der Waals surface area contributed by atoms with Gasteiger partial charge in [-0.05, 0) is 30.9 Å². The lowest BCUT2D eigenvalue weighted by Crippen LogP contribution is -2.46. The van der Waals surface area contributed by atoms with E-state index in [0.29, 0.717) is 29.4 Å². The van der Waals surface area contributed by atoms with Gasteiger partial charge in [-0.1, -0.05) is 11.6 Å². The fourth-order valence-corrected chi connectivity index (χ4v) is 2.82. The van der Waals surface area contributed by atoms with Crippen LogP contribution in [-0.2, 0) is 9.59 Å². The largest absolute Gasteiger partial charge is 0.495 e. The van der Waals surface area contributed by atoms with E-state index in [1.165, 1.54) is 7.11 Å². The van der Waals surface area contributed by atoms with Gasteiger partial charge < -0.3 is 15.0 Å². The topological polar surface area (TPSA) is 58.6 Å². The van der Waals surface area contributed by atoms with Crippen LogP contribution >= 0.6 is 11.6 Å². The standard InChI is InChI=1S/C15H17ClN2O3/c1-21-12-8-10(4-5-11(12)16)18-7-6-13(19)17-14(15(18)20)9-2-3-9/h4-5,8-9,14H,2-3,6-7H2,1H3,(H,17,19). The average molecular weight is 309 g/mol. The third-order valence-corrected chi connectivity index (χ3v) is 4.26. The Balaban J connectivity index is 1.91. The van der Waals surface area contributed by atoms with Crippen molar-refractivity contribution in [3.8, 4) is 5.75 Å². The summed E-state index contributed by atoms with van der Waals surface area (Å²) in [6.07, 6.45) is 2.29.